The zero-order valence-corrected chi connectivity index (χ0v) is 17.3. The number of para-hydroxylation sites is 1. The fourth-order valence-corrected chi connectivity index (χ4v) is 4.03. The maximum absolute atomic E-state index is 12.5. The molecule has 28 heavy (non-hydrogen) atoms. The normalized spacial score (nSPS) is 11.1. The molecule has 0 fully saturated rings. The topological polar surface area (TPSA) is 63.5 Å². The Morgan fingerprint density at radius 2 is 1.93 bits per heavy atom. The average Bonchev–Trinajstić information content (AvgIpc) is 2.69. The van der Waals surface area contributed by atoms with E-state index >= 15 is 0 Å². The van der Waals surface area contributed by atoms with Gasteiger partial charge in [0.05, 0.1) is 11.4 Å². The van der Waals surface area contributed by atoms with Crippen LogP contribution in [0.25, 0.3) is 5.65 Å². The first-order chi connectivity index (χ1) is 13.5. The van der Waals surface area contributed by atoms with Gasteiger partial charge < -0.3 is 5.32 Å². The van der Waals surface area contributed by atoms with Gasteiger partial charge in [-0.25, -0.2) is 4.98 Å². The highest BCUT2D eigenvalue weighted by atomic mass is 32.2. The quantitative estimate of drug-likeness (QED) is 0.591. The van der Waals surface area contributed by atoms with Crippen molar-refractivity contribution in [3.8, 4) is 0 Å². The summed E-state index contributed by atoms with van der Waals surface area (Å²) in [7, 11) is 0. The summed E-state index contributed by atoms with van der Waals surface area (Å²) in [6.45, 7) is 6.00. The minimum Gasteiger partial charge on any atom is -0.325 e. The van der Waals surface area contributed by atoms with Crippen LogP contribution in [0.2, 0.25) is 0 Å². The SMILES string of the molecule is CCC(CC)C(=O)Nc1ccccc1SCc1cc(=O)n2cccc(C)c2n1. The molecule has 0 atom stereocenters. The molecule has 6 heteroatoms. The average molecular weight is 396 g/mol. The van der Waals surface area contributed by atoms with E-state index in [2.05, 4.69) is 10.3 Å². The standard InChI is InChI=1S/C22H25N3O2S/c1-4-16(5-2)22(27)24-18-10-6-7-11-19(18)28-14-17-13-20(26)25-12-8-9-15(3)21(25)23-17/h6-13,16H,4-5,14H2,1-3H3,(H,24,27). The van der Waals surface area contributed by atoms with E-state index < -0.39 is 0 Å². The van der Waals surface area contributed by atoms with Crippen LogP contribution in [0.3, 0.4) is 0 Å². The molecular formula is C22H25N3O2S. The summed E-state index contributed by atoms with van der Waals surface area (Å²) in [5, 5.41) is 3.05. The van der Waals surface area contributed by atoms with Gasteiger partial charge in [-0.1, -0.05) is 32.0 Å². The fraction of sp³-hybridized carbons (Fsp3) is 0.318. The Kier molecular flexibility index (Phi) is 6.52. The molecule has 3 aromatic rings. The van der Waals surface area contributed by atoms with Gasteiger partial charge in [0.2, 0.25) is 5.91 Å². The number of anilines is 1. The maximum Gasteiger partial charge on any atom is 0.258 e. The Hall–Kier alpha value is -2.60. The van der Waals surface area contributed by atoms with Crippen molar-refractivity contribution >= 4 is 29.0 Å². The molecule has 0 aliphatic heterocycles. The highest BCUT2D eigenvalue weighted by Crippen LogP contribution is 2.30. The Balaban J connectivity index is 1.80. The number of carbonyl (C=O) groups excluding carboxylic acids is 1. The van der Waals surface area contributed by atoms with Gasteiger partial charge in [-0.2, -0.15) is 0 Å². The van der Waals surface area contributed by atoms with Crippen molar-refractivity contribution in [3.63, 3.8) is 0 Å². The van der Waals surface area contributed by atoms with E-state index in [-0.39, 0.29) is 17.4 Å². The number of amides is 1. The monoisotopic (exact) mass is 395 g/mol. The number of pyridine rings is 1. The molecule has 5 nitrogen and oxygen atoms in total. The molecule has 2 aromatic heterocycles. The number of benzene rings is 1. The third-order valence-electron chi connectivity index (χ3n) is 4.82. The Labute approximate surface area is 169 Å². The molecule has 0 saturated carbocycles. The molecule has 146 valence electrons. The molecule has 0 aliphatic rings. The van der Waals surface area contributed by atoms with Crippen LogP contribution in [-0.4, -0.2) is 15.3 Å². The Bertz CT molecular complexity index is 1040. The first kappa shape index (κ1) is 20.1. The second-order valence-electron chi connectivity index (χ2n) is 6.76. The highest BCUT2D eigenvalue weighted by molar-refractivity contribution is 7.98. The zero-order chi connectivity index (χ0) is 20.1. The molecule has 0 saturated heterocycles. The second-order valence-corrected chi connectivity index (χ2v) is 7.78. The summed E-state index contributed by atoms with van der Waals surface area (Å²) in [5.74, 6) is 0.622. The van der Waals surface area contributed by atoms with Crippen molar-refractivity contribution in [3.05, 3.63) is 70.3 Å². The van der Waals surface area contributed by atoms with E-state index in [1.54, 1.807) is 28.4 Å². The van der Waals surface area contributed by atoms with Crippen molar-refractivity contribution in [2.75, 3.05) is 5.32 Å². The van der Waals surface area contributed by atoms with E-state index in [1.807, 2.05) is 57.2 Å². The summed E-state index contributed by atoms with van der Waals surface area (Å²) < 4.78 is 1.56. The van der Waals surface area contributed by atoms with Gasteiger partial charge >= 0.3 is 0 Å². The summed E-state index contributed by atoms with van der Waals surface area (Å²) in [6.07, 6.45) is 3.38. The number of hydrogen-bond donors (Lipinski definition) is 1. The fourth-order valence-electron chi connectivity index (χ4n) is 3.12. The van der Waals surface area contributed by atoms with Gasteiger partial charge in [-0.15, -0.1) is 11.8 Å². The van der Waals surface area contributed by atoms with E-state index in [0.29, 0.717) is 11.4 Å². The van der Waals surface area contributed by atoms with Crippen LogP contribution in [0.4, 0.5) is 5.69 Å². The van der Waals surface area contributed by atoms with E-state index in [9.17, 15) is 9.59 Å². The number of nitrogens with zero attached hydrogens (tertiary/aromatic N) is 2. The van der Waals surface area contributed by atoms with Crippen LogP contribution in [0.15, 0.2) is 58.4 Å². The van der Waals surface area contributed by atoms with Crippen LogP contribution < -0.4 is 10.9 Å². The summed E-state index contributed by atoms with van der Waals surface area (Å²) in [5.41, 5.74) is 3.09. The number of aryl methyl sites for hydroxylation is 1. The predicted octanol–water partition coefficient (Wildman–Crippen LogP) is 4.67. The van der Waals surface area contributed by atoms with Crippen molar-refractivity contribution in [2.45, 2.75) is 44.3 Å². The lowest BCUT2D eigenvalue weighted by Crippen LogP contribution is -2.21. The summed E-state index contributed by atoms with van der Waals surface area (Å²) >= 11 is 1.57. The van der Waals surface area contributed by atoms with Gasteiger partial charge in [0.15, 0.2) is 0 Å². The molecule has 1 N–H and O–H groups in total. The van der Waals surface area contributed by atoms with Crippen molar-refractivity contribution in [2.24, 2.45) is 5.92 Å². The number of thioether (sulfide) groups is 1. The van der Waals surface area contributed by atoms with Gasteiger partial charge in [0, 0.05) is 28.8 Å². The number of fused-ring (bicyclic) bond motifs is 1. The molecule has 0 bridgehead atoms. The smallest absolute Gasteiger partial charge is 0.258 e. The van der Waals surface area contributed by atoms with Crippen LogP contribution >= 0.6 is 11.8 Å². The maximum atomic E-state index is 12.5. The van der Waals surface area contributed by atoms with Gasteiger partial charge in [-0.05, 0) is 43.5 Å². The largest absolute Gasteiger partial charge is 0.325 e. The lowest BCUT2D eigenvalue weighted by atomic mass is 10.0. The van der Waals surface area contributed by atoms with Crippen molar-refractivity contribution < 1.29 is 4.79 Å². The number of nitrogens with one attached hydrogen (secondary N) is 1. The molecular weight excluding hydrogens is 370 g/mol. The van der Waals surface area contributed by atoms with Crippen molar-refractivity contribution in [1.82, 2.24) is 9.38 Å². The molecule has 2 heterocycles. The molecule has 0 aliphatic carbocycles. The number of carbonyl (C=O) groups is 1. The van der Waals surface area contributed by atoms with Crippen LogP contribution in [0, 0.1) is 12.8 Å². The number of hydrogen-bond acceptors (Lipinski definition) is 4. The van der Waals surface area contributed by atoms with Crippen LogP contribution in [0.1, 0.15) is 37.9 Å². The second kappa shape index (κ2) is 9.06. The molecule has 1 amide bonds. The molecule has 1 aromatic carbocycles. The Morgan fingerprint density at radius 3 is 2.68 bits per heavy atom. The van der Waals surface area contributed by atoms with E-state index in [0.717, 1.165) is 34.7 Å². The van der Waals surface area contributed by atoms with Gasteiger partial charge in [0.25, 0.3) is 5.56 Å². The summed E-state index contributed by atoms with van der Waals surface area (Å²) in [6, 6.07) is 13.1. The van der Waals surface area contributed by atoms with E-state index in [1.165, 1.54) is 0 Å². The number of rotatable bonds is 7. The lowest BCUT2D eigenvalue weighted by molar-refractivity contribution is -0.120. The molecule has 3 rings (SSSR count). The molecule has 0 radical (unpaired) electrons. The molecule has 0 unspecified atom stereocenters. The number of aromatic nitrogens is 2. The zero-order valence-electron chi connectivity index (χ0n) is 16.4. The predicted molar refractivity (Wildman–Crippen MR) is 115 cm³/mol. The first-order valence-electron chi connectivity index (χ1n) is 9.54. The summed E-state index contributed by atoms with van der Waals surface area (Å²) in [4.78, 5) is 30.4. The minimum atomic E-state index is -0.0837. The highest BCUT2D eigenvalue weighted by Gasteiger charge is 2.16. The lowest BCUT2D eigenvalue weighted by Gasteiger charge is -2.15. The third kappa shape index (κ3) is 4.44. The van der Waals surface area contributed by atoms with E-state index in [4.69, 9.17) is 0 Å². The van der Waals surface area contributed by atoms with Gasteiger partial charge in [0.1, 0.15) is 5.65 Å². The first-order valence-corrected chi connectivity index (χ1v) is 10.5. The third-order valence-corrected chi connectivity index (χ3v) is 5.92. The minimum absolute atomic E-state index is 0.0169. The molecule has 0 spiro atoms. The van der Waals surface area contributed by atoms with Gasteiger partial charge in [-0.3, -0.25) is 14.0 Å². The Morgan fingerprint density at radius 1 is 1.18 bits per heavy atom. The van der Waals surface area contributed by atoms with Crippen LogP contribution in [-0.2, 0) is 10.5 Å². The van der Waals surface area contributed by atoms with Crippen molar-refractivity contribution in [1.29, 1.82) is 0 Å². The van der Waals surface area contributed by atoms with Crippen LogP contribution in [0.5, 0.6) is 0 Å².